The molecule has 0 aromatic carbocycles. The lowest BCUT2D eigenvalue weighted by molar-refractivity contribution is -0.139. The van der Waals surface area contributed by atoms with Gasteiger partial charge in [-0.3, -0.25) is 9.59 Å². The second-order valence-electron chi connectivity index (χ2n) is 6.24. The van der Waals surface area contributed by atoms with Gasteiger partial charge in [0.25, 0.3) is 5.91 Å². The van der Waals surface area contributed by atoms with Gasteiger partial charge in [0.15, 0.2) is 0 Å². The largest absolute Gasteiger partial charge is 0.341 e. The van der Waals surface area contributed by atoms with Crippen LogP contribution in [0.25, 0.3) is 0 Å². The minimum atomic E-state index is -0.779. The highest BCUT2D eigenvalue weighted by Crippen LogP contribution is 2.30. The Kier molecular flexibility index (Phi) is 6.74. The van der Waals surface area contributed by atoms with Crippen molar-refractivity contribution in [2.24, 2.45) is 5.73 Å². The van der Waals surface area contributed by atoms with E-state index in [0.717, 1.165) is 24.3 Å². The van der Waals surface area contributed by atoms with Gasteiger partial charge in [-0.25, -0.2) is 4.98 Å². The Bertz CT molecular complexity index is 563. The van der Waals surface area contributed by atoms with E-state index >= 15 is 0 Å². The van der Waals surface area contributed by atoms with Gasteiger partial charge in [-0.15, -0.1) is 11.3 Å². The predicted molar refractivity (Wildman–Crippen MR) is 96.1 cm³/mol. The molecule has 2 amide bonds. The molecule has 1 aliphatic rings. The molecule has 1 saturated carbocycles. The topological polar surface area (TPSA) is 88.3 Å². The molecule has 0 bridgehead atoms. The quantitative estimate of drug-likeness (QED) is 0.785. The fraction of sp³-hybridized carbons (Fsp3) is 0.706. The molecule has 1 heterocycles. The number of hydrogen-bond donors (Lipinski definition) is 2. The smallest absolute Gasteiger partial charge is 0.271 e. The second kappa shape index (κ2) is 8.58. The van der Waals surface area contributed by atoms with Crippen molar-refractivity contribution < 1.29 is 9.59 Å². The molecular weight excluding hydrogens is 324 g/mol. The average Bonchev–Trinajstić information content (AvgIpc) is 3.06. The summed E-state index contributed by atoms with van der Waals surface area (Å²) in [5, 5.41) is 5.64. The molecule has 24 heavy (non-hydrogen) atoms. The van der Waals surface area contributed by atoms with E-state index in [-0.39, 0.29) is 11.8 Å². The van der Waals surface area contributed by atoms with E-state index < -0.39 is 5.54 Å². The number of amides is 2. The molecule has 0 spiro atoms. The zero-order valence-corrected chi connectivity index (χ0v) is 15.5. The Morgan fingerprint density at radius 1 is 1.29 bits per heavy atom. The minimum Gasteiger partial charge on any atom is -0.341 e. The lowest BCUT2D eigenvalue weighted by Crippen LogP contribution is -2.60. The highest BCUT2D eigenvalue weighted by Gasteiger charge is 2.43. The van der Waals surface area contributed by atoms with Gasteiger partial charge in [0.05, 0.1) is 5.01 Å². The average molecular weight is 353 g/mol. The number of rotatable bonds is 7. The van der Waals surface area contributed by atoms with Crippen molar-refractivity contribution in [2.45, 2.75) is 57.9 Å². The molecule has 1 aromatic rings. The van der Waals surface area contributed by atoms with Crippen LogP contribution in [0.5, 0.6) is 0 Å². The molecule has 1 fully saturated rings. The van der Waals surface area contributed by atoms with Crippen molar-refractivity contribution in [1.82, 2.24) is 15.2 Å². The lowest BCUT2D eigenvalue weighted by Gasteiger charge is -2.39. The van der Waals surface area contributed by atoms with Gasteiger partial charge in [0.1, 0.15) is 11.2 Å². The van der Waals surface area contributed by atoms with Crippen LogP contribution in [0.4, 0.5) is 0 Å². The number of hydrogen-bond acceptors (Lipinski definition) is 5. The Hall–Kier alpha value is -1.47. The summed E-state index contributed by atoms with van der Waals surface area (Å²) in [4.78, 5) is 31.9. The fourth-order valence-electron chi connectivity index (χ4n) is 3.30. The molecule has 6 nitrogen and oxygen atoms in total. The van der Waals surface area contributed by atoms with E-state index in [1.54, 1.807) is 5.38 Å². The van der Waals surface area contributed by atoms with E-state index in [4.69, 9.17) is 5.73 Å². The van der Waals surface area contributed by atoms with Gasteiger partial charge in [-0.2, -0.15) is 0 Å². The standard InChI is InChI=1S/C17H28N4O2S/c1-3-21(4-2)16(23)17(9-6-5-7-10-17)20-15(22)13-12-24-14(19-13)8-11-18/h12H,3-11,18H2,1-2H3,(H,20,22). The fourth-order valence-corrected chi connectivity index (χ4v) is 4.09. The summed E-state index contributed by atoms with van der Waals surface area (Å²) in [5.74, 6) is -0.213. The van der Waals surface area contributed by atoms with Crippen LogP contribution in [-0.2, 0) is 11.2 Å². The first-order valence-corrected chi connectivity index (χ1v) is 9.70. The van der Waals surface area contributed by atoms with Crippen LogP contribution in [0, 0.1) is 0 Å². The van der Waals surface area contributed by atoms with Crippen molar-refractivity contribution in [3.8, 4) is 0 Å². The van der Waals surface area contributed by atoms with E-state index in [9.17, 15) is 9.59 Å². The molecule has 3 N–H and O–H groups in total. The number of nitrogens with two attached hydrogens (primary N) is 1. The monoisotopic (exact) mass is 352 g/mol. The minimum absolute atomic E-state index is 0.0398. The van der Waals surface area contributed by atoms with Gasteiger partial charge < -0.3 is 16.0 Å². The molecule has 134 valence electrons. The molecular formula is C17H28N4O2S. The number of aromatic nitrogens is 1. The number of nitrogens with zero attached hydrogens (tertiary/aromatic N) is 2. The van der Waals surface area contributed by atoms with E-state index in [2.05, 4.69) is 10.3 Å². The number of likely N-dealkylation sites (N-methyl/N-ethyl adjacent to an activating group) is 1. The Balaban J connectivity index is 2.18. The number of thiazole rings is 1. The van der Waals surface area contributed by atoms with E-state index in [0.29, 0.717) is 44.6 Å². The number of carbonyl (C=O) groups is 2. The molecule has 1 aliphatic carbocycles. The summed E-state index contributed by atoms with van der Waals surface area (Å²) >= 11 is 1.44. The summed E-state index contributed by atoms with van der Waals surface area (Å²) in [5.41, 5.74) is 5.15. The third-order valence-electron chi connectivity index (χ3n) is 4.66. The maximum atomic E-state index is 13.0. The normalized spacial score (nSPS) is 16.6. The van der Waals surface area contributed by atoms with Gasteiger partial charge in [0, 0.05) is 24.9 Å². The van der Waals surface area contributed by atoms with Crippen LogP contribution in [0.2, 0.25) is 0 Å². The van der Waals surface area contributed by atoms with Crippen LogP contribution >= 0.6 is 11.3 Å². The Morgan fingerprint density at radius 3 is 2.54 bits per heavy atom. The van der Waals surface area contributed by atoms with Gasteiger partial charge in [-0.05, 0) is 33.2 Å². The SMILES string of the molecule is CCN(CC)C(=O)C1(NC(=O)c2csc(CCN)n2)CCCCC1. The molecule has 0 saturated heterocycles. The Morgan fingerprint density at radius 2 is 1.96 bits per heavy atom. The second-order valence-corrected chi connectivity index (χ2v) is 7.18. The molecule has 0 radical (unpaired) electrons. The van der Waals surface area contributed by atoms with E-state index in [1.807, 2.05) is 18.7 Å². The van der Waals surface area contributed by atoms with Crippen molar-refractivity contribution in [3.63, 3.8) is 0 Å². The van der Waals surface area contributed by atoms with Crippen molar-refractivity contribution >= 4 is 23.2 Å². The van der Waals surface area contributed by atoms with Crippen LogP contribution in [-0.4, -0.2) is 46.9 Å². The first-order chi connectivity index (χ1) is 11.6. The third kappa shape index (κ3) is 4.13. The zero-order valence-electron chi connectivity index (χ0n) is 14.6. The molecule has 2 rings (SSSR count). The molecule has 0 unspecified atom stereocenters. The lowest BCUT2D eigenvalue weighted by atomic mass is 9.80. The van der Waals surface area contributed by atoms with Crippen LogP contribution in [0.1, 0.15) is 61.4 Å². The van der Waals surface area contributed by atoms with E-state index in [1.165, 1.54) is 11.3 Å². The van der Waals surface area contributed by atoms with Crippen LogP contribution in [0.3, 0.4) is 0 Å². The summed E-state index contributed by atoms with van der Waals surface area (Å²) in [6.07, 6.45) is 5.11. The highest BCUT2D eigenvalue weighted by molar-refractivity contribution is 7.09. The van der Waals surface area contributed by atoms with Crippen LogP contribution in [0.15, 0.2) is 5.38 Å². The number of nitrogens with one attached hydrogen (secondary N) is 1. The first-order valence-electron chi connectivity index (χ1n) is 8.82. The van der Waals surface area contributed by atoms with Gasteiger partial charge >= 0.3 is 0 Å². The molecule has 1 aromatic heterocycles. The summed E-state index contributed by atoms with van der Waals surface area (Å²) < 4.78 is 0. The first kappa shape index (κ1) is 18.9. The van der Waals surface area contributed by atoms with Gasteiger partial charge in [0.2, 0.25) is 5.91 Å². The highest BCUT2D eigenvalue weighted by atomic mass is 32.1. The van der Waals surface area contributed by atoms with Crippen molar-refractivity contribution in [1.29, 1.82) is 0 Å². The van der Waals surface area contributed by atoms with Crippen molar-refractivity contribution in [3.05, 3.63) is 16.1 Å². The third-order valence-corrected chi connectivity index (χ3v) is 5.57. The maximum Gasteiger partial charge on any atom is 0.271 e. The predicted octanol–water partition coefficient (Wildman–Crippen LogP) is 1.95. The summed E-state index contributed by atoms with van der Waals surface area (Å²) in [7, 11) is 0. The molecule has 0 aliphatic heterocycles. The maximum absolute atomic E-state index is 13.0. The zero-order chi connectivity index (χ0) is 17.6. The van der Waals surface area contributed by atoms with Crippen LogP contribution < -0.4 is 11.1 Å². The molecule has 0 atom stereocenters. The van der Waals surface area contributed by atoms with Crippen molar-refractivity contribution in [2.75, 3.05) is 19.6 Å². The molecule has 7 heteroatoms. The number of carbonyl (C=O) groups excluding carboxylic acids is 2. The van der Waals surface area contributed by atoms with Gasteiger partial charge in [-0.1, -0.05) is 19.3 Å². The Labute approximate surface area is 147 Å². The summed E-state index contributed by atoms with van der Waals surface area (Å²) in [6, 6.07) is 0. The summed E-state index contributed by atoms with van der Waals surface area (Å²) in [6.45, 7) is 5.77.